The van der Waals surface area contributed by atoms with E-state index in [1.54, 1.807) is 12.1 Å². The van der Waals surface area contributed by atoms with Gasteiger partial charge in [0.1, 0.15) is 12.4 Å². The van der Waals surface area contributed by atoms with Crippen LogP contribution >= 0.6 is 11.6 Å². The quantitative estimate of drug-likeness (QED) is 0.267. The SMILES string of the molecule is C[N+]1(C)CCC(OC(=O)Nc2cc(CCC(=O)Nc3ccc(C=O)cc3Cl)ccc2-c2ccccc2)CC1. The van der Waals surface area contributed by atoms with Gasteiger partial charge in [0.25, 0.3) is 0 Å². The van der Waals surface area contributed by atoms with Crippen LogP contribution in [0.3, 0.4) is 0 Å². The highest BCUT2D eigenvalue weighted by Gasteiger charge is 2.28. The first kappa shape index (κ1) is 27.4. The summed E-state index contributed by atoms with van der Waals surface area (Å²) in [5.74, 6) is -0.203. The van der Waals surface area contributed by atoms with Crippen molar-refractivity contribution in [3.05, 3.63) is 82.9 Å². The molecule has 0 aliphatic carbocycles. The molecule has 0 spiro atoms. The Bertz CT molecular complexity index is 1300. The Balaban J connectivity index is 1.44. The highest BCUT2D eigenvalue weighted by Crippen LogP contribution is 2.30. The summed E-state index contributed by atoms with van der Waals surface area (Å²) >= 11 is 6.17. The first-order valence-electron chi connectivity index (χ1n) is 12.7. The summed E-state index contributed by atoms with van der Waals surface area (Å²) in [5, 5.41) is 6.05. The monoisotopic (exact) mass is 534 g/mol. The number of halogens is 1. The summed E-state index contributed by atoms with van der Waals surface area (Å²) in [6.45, 7) is 1.94. The molecule has 1 aliphatic heterocycles. The van der Waals surface area contributed by atoms with Crippen molar-refractivity contribution in [3.63, 3.8) is 0 Å². The van der Waals surface area contributed by atoms with Crippen LogP contribution in [0.1, 0.15) is 35.2 Å². The molecule has 1 aliphatic rings. The van der Waals surface area contributed by atoms with Crippen LogP contribution in [0.5, 0.6) is 0 Å². The zero-order valence-corrected chi connectivity index (χ0v) is 22.5. The Morgan fingerprint density at radius 1 is 0.974 bits per heavy atom. The number of nitrogens with zero attached hydrogens (tertiary/aromatic N) is 1. The Labute approximate surface area is 228 Å². The molecule has 0 radical (unpaired) electrons. The summed E-state index contributed by atoms with van der Waals surface area (Å²) in [5.41, 5.74) is 4.28. The number of rotatable bonds is 8. The number of aryl methyl sites for hydroxylation is 1. The van der Waals surface area contributed by atoms with Crippen LogP contribution in [0.2, 0.25) is 5.02 Å². The number of carbonyl (C=O) groups excluding carboxylic acids is 3. The predicted molar refractivity (Wildman–Crippen MR) is 151 cm³/mol. The van der Waals surface area contributed by atoms with Crippen LogP contribution in [0.25, 0.3) is 11.1 Å². The number of piperidine rings is 1. The number of aldehydes is 1. The van der Waals surface area contributed by atoms with Crippen LogP contribution in [-0.2, 0) is 16.0 Å². The summed E-state index contributed by atoms with van der Waals surface area (Å²) in [4.78, 5) is 36.3. The predicted octanol–water partition coefficient (Wildman–Crippen LogP) is 6.18. The minimum Gasteiger partial charge on any atom is -0.446 e. The molecular weight excluding hydrogens is 502 g/mol. The van der Waals surface area contributed by atoms with Crippen molar-refractivity contribution in [2.45, 2.75) is 31.8 Å². The largest absolute Gasteiger partial charge is 0.446 e. The first-order valence-corrected chi connectivity index (χ1v) is 13.1. The highest BCUT2D eigenvalue weighted by atomic mass is 35.5. The lowest BCUT2D eigenvalue weighted by molar-refractivity contribution is -0.896. The minimum atomic E-state index is -0.470. The molecule has 0 bridgehead atoms. The Hall–Kier alpha value is -3.68. The number of amides is 2. The summed E-state index contributed by atoms with van der Waals surface area (Å²) in [7, 11) is 4.37. The molecule has 198 valence electrons. The maximum atomic E-state index is 12.8. The van der Waals surface area contributed by atoms with E-state index < -0.39 is 6.09 Å². The second-order valence-electron chi connectivity index (χ2n) is 10.3. The van der Waals surface area contributed by atoms with E-state index in [9.17, 15) is 14.4 Å². The standard InChI is InChI=1S/C30H32ClN3O4/c1-34(2)16-14-24(15-17-34)38-30(37)33-28-19-21(8-11-25(28)23-6-4-3-5-7-23)10-13-29(36)32-27-12-9-22(20-35)18-26(27)31/h3-9,11-12,18-20,24H,10,13-17H2,1-2H3,(H-,32,33,35,36,37)/p+1. The number of anilines is 2. The highest BCUT2D eigenvalue weighted by molar-refractivity contribution is 6.34. The van der Waals surface area contributed by atoms with E-state index in [0.29, 0.717) is 34.7 Å². The zero-order chi connectivity index (χ0) is 27.1. The van der Waals surface area contributed by atoms with Gasteiger partial charge in [-0.25, -0.2) is 4.79 Å². The van der Waals surface area contributed by atoms with Gasteiger partial charge in [-0.05, 0) is 41.8 Å². The minimum absolute atomic E-state index is 0.0966. The molecule has 0 aromatic heterocycles. The van der Waals surface area contributed by atoms with Crippen molar-refractivity contribution in [1.29, 1.82) is 0 Å². The molecule has 8 heteroatoms. The summed E-state index contributed by atoms with van der Waals surface area (Å²) in [6.07, 6.45) is 2.49. The summed E-state index contributed by atoms with van der Waals surface area (Å²) in [6, 6.07) is 20.3. The molecule has 0 saturated carbocycles. The number of ether oxygens (including phenoxy) is 1. The van der Waals surface area contributed by atoms with Crippen LogP contribution in [-0.4, -0.2) is 56.1 Å². The number of nitrogens with one attached hydrogen (secondary N) is 2. The van der Waals surface area contributed by atoms with E-state index in [-0.39, 0.29) is 18.4 Å². The number of benzene rings is 3. The van der Waals surface area contributed by atoms with Crippen molar-refractivity contribution < 1.29 is 23.6 Å². The first-order chi connectivity index (χ1) is 18.2. The topological polar surface area (TPSA) is 84.5 Å². The van der Waals surface area contributed by atoms with Crippen molar-refractivity contribution in [2.75, 3.05) is 37.8 Å². The van der Waals surface area contributed by atoms with Crippen molar-refractivity contribution in [2.24, 2.45) is 0 Å². The Morgan fingerprint density at radius 2 is 1.71 bits per heavy atom. The molecule has 4 rings (SSSR count). The van der Waals surface area contributed by atoms with Crippen molar-refractivity contribution >= 4 is 41.3 Å². The van der Waals surface area contributed by atoms with Crippen LogP contribution in [0.15, 0.2) is 66.7 Å². The van der Waals surface area contributed by atoms with Crippen LogP contribution < -0.4 is 10.6 Å². The fraction of sp³-hybridized carbons (Fsp3) is 0.300. The third-order valence-corrected chi connectivity index (χ3v) is 7.15. The van der Waals surface area contributed by atoms with Crippen LogP contribution in [0.4, 0.5) is 16.2 Å². The molecule has 1 fully saturated rings. The maximum absolute atomic E-state index is 12.8. The fourth-order valence-electron chi connectivity index (χ4n) is 4.55. The van der Waals surface area contributed by atoms with Gasteiger partial charge in [0.05, 0.1) is 43.6 Å². The van der Waals surface area contributed by atoms with Gasteiger partial charge >= 0.3 is 6.09 Å². The molecule has 3 aromatic rings. The lowest BCUT2D eigenvalue weighted by Crippen LogP contribution is -2.48. The van der Waals surface area contributed by atoms with Crippen molar-refractivity contribution in [3.8, 4) is 11.1 Å². The Kier molecular flexibility index (Phi) is 8.81. The average molecular weight is 535 g/mol. The molecule has 7 nitrogen and oxygen atoms in total. The number of hydrogen-bond acceptors (Lipinski definition) is 4. The molecule has 1 heterocycles. The molecule has 38 heavy (non-hydrogen) atoms. The van der Waals surface area contributed by atoms with Gasteiger partial charge in [-0.15, -0.1) is 0 Å². The second kappa shape index (κ2) is 12.2. The van der Waals surface area contributed by atoms with Gasteiger partial charge in [-0.1, -0.05) is 54.1 Å². The number of carbonyl (C=O) groups is 3. The number of hydrogen-bond donors (Lipinski definition) is 2. The zero-order valence-electron chi connectivity index (χ0n) is 21.7. The average Bonchev–Trinajstić information content (AvgIpc) is 2.90. The molecule has 2 amide bonds. The molecule has 1 saturated heterocycles. The van der Waals surface area contributed by atoms with Gasteiger partial charge in [0.15, 0.2) is 0 Å². The van der Waals surface area contributed by atoms with Crippen LogP contribution in [0, 0.1) is 0 Å². The molecule has 3 aromatic carbocycles. The molecular formula is C30H33ClN3O4+. The summed E-state index contributed by atoms with van der Waals surface area (Å²) < 4.78 is 6.69. The Morgan fingerprint density at radius 3 is 2.39 bits per heavy atom. The maximum Gasteiger partial charge on any atom is 0.411 e. The van der Waals surface area contributed by atoms with Gasteiger partial charge in [0, 0.05) is 30.4 Å². The third-order valence-electron chi connectivity index (χ3n) is 6.84. The molecule has 0 atom stereocenters. The van der Waals surface area contributed by atoms with Gasteiger partial charge in [-0.2, -0.15) is 0 Å². The van der Waals surface area contributed by atoms with E-state index in [4.69, 9.17) is 16.3 Å². The lowest BCUT2D eigenvalue weighted by Gasteiger charge is -2.36. The van der Waals surface area contributed by atoms with E-state index in [2.05, 4.69) is 24.7 Å². The normalized spacial score (nSPS) is 14.9. The van der Waals surface area contributed by atoms with E-state index in [1.807, 2.05) is 48.5 Å². The number of quaternary nitrogens is 1. The number of likely N-dealkylation sites (tertiary alicyclic amines) is 1. The third kappa shape index (κ3) is 7.43. The second-order valence-corrected chi connectivity index (χ2v) is 10.7. The van der Waals surface area contributed by atoms with Gasteiger partial charge in [0.2, 0.25) is 5.91 Å². The molecule has 2 N–H and O–H groups in total. The van der Waals surface area contributed by atoms with E-state index in [0.717, 1.165) is 47.1 Å². The van der Waals surface area contributed by atoms with Crippen molar-refractivity contribution in [1.82, 2.24) is 0 Å². The fourth-order valence-corrected chi connectivity index (χ4v) is 4.78. The van der Waals surface area contributed by atoms with Gasteiger partial charge in [-0.3, -0.25) is 14.9 Å². The molecule has 0 unspecified atom stereocenters. The van der Waals surface area contributed by atoms with E-state index >= 15 is 0 Å². The lowest BCUT2D eigenvalue weighted by atomic mass is 9.99. The van der Waals surface area contributed by atoms with Gasteiger partial charge < -0.3 is 14.5 Å². The smallest absolute Gasteiger partial charge is 0.411 e. The van der Waals surface area contributed by atoms with E-state index in [1.165, 1.54) is 6.07 Å².